The van der Waals surface area contributed by atoms with Crippen LogP contribution >= 0.6 is 11.8 Å². The summed E-state index contributed by atoms with van der Waals surface area (Å²) < 4.78 is 0. The van der Waals surface area contributed by atoms with E-state index < -0.39 is 0 Å². The SMILES string of the molecule is O=C1CCCC=C1C(=O)C1CCc2ccccc2S1. The van der Waals surface area contributed by atoms with E-state index in [2.05, 4.69) is 12.1 Å². The number of carbonyl (C=O) groups excluding carboxylic acids is 2. The highest BCUT2D eigenvalue weighted by Crippen LogP contribution is 2.37. The number of Topliss-reactive ketones (excluding diaryl/α,β-unsaturated/α-hetero) is 2. The van der Waals surface area contributed by atoms with Gasteiger partial charge in [0.05, 0.1) is 10.8 Å². The van der Waals surface area contributed by atoms with Gasteiger partial charge in [-0.2, -0.15) is 0 Å². The average Bonchev–Trinajstić information content (AvgIpc) is 2.46. The minimum absolute atomic E-state index is 0.0377. The first-order valence-electron chi connectivity index (χ1n) is 6.78. The molecule has 1 heterocycles. The van der Waals surface area contributed by atoms with Crippen LogP contribution in [0.2, 0.25) is 0 Å². The zero-order valence-corrected chi connectivity index (χ0v) is 11.5. The van der Waals surface area contributed by atoms with Crippen LogP contribution in [0.15, 0.2) is 40.8 Å². The van der Waals surface area contributed by atoms with E-state index in [1.807, 2.05) is 18.2 Å². The molecule has 1 atom stereocenters. The molecule has 0 N–H and O–H groups in total. The summed E-state index contributed by atoms with van der Waals surface area (Å²) in [4.78, 5) is 25.5. The van der Waals surface area contributed by atoms with Crippen molar-refractivity contribution in [2.24, 2.45) is 0 Å². The van der Waals surface area contributed by atoms with Gasteiger partial charge in [-0.25, -0.2) is 0 Å². The Balaban J connectivity index is 1.80. The lowest BCUT2D eigenvalue weighted by molar-refractivity contribution is -0.121. The van der Waals surface area contributed by atoms with Crippen LogP contribution < -0.4 is 0 Å². The van der Waals surface area contributed by atoms with Crippen LogP contribution in [0, 0.1) is 0 Å². The van der Waals surface area contributed by atoms with Gasteiger partial charge in [0.2, 0.25) is 0 Å². The summed E-state index contributed by atoms with van der Waals surface area (Å²) in [7, 11) is 0. The van der Waals surface area contributed by atoms with E-state index in [0.29, 0.717) is 12.0 Å². The second-order valence-corrected chi connectivity index (χ2v) is 6.29. The van der Waals surface area contributed by atoms with Gasteiger partial charge in [-0.3, -0.25) is 9.59 Å². The first-order chi connectivity index (χ1) is 9.25. The van der Waals surface area contributed by atoms with Gasteiger partial charge in [-0.15, -0.1) is 11.8 Å². The van der Waals surface area contributed by atoms with E-state index in [-0.39, 0.29) is 16.8 Å². The fraction of sp³-hybridized carbons (Fsp3) is 0.375. The highest BCUT2D eigenvalue weighted by atomic mass is 32.2. The van der Waals surface area contributed by atoms with Crippen molar-refractivity contribution in [1.82, 2.24) is 0 Å². The molecule has 0 bridgehead atoms. The number of rotatable bonds is 2. The number of hydrogen-bond acceptors (Lipinski definition) is 3. The Labute approximate surface area is 117 Å². The van der Waals surface area contributed by atoms with E-state index in [0.717, 1.165) is 25.7 Å². The Morgan fingerprint density at radius 3 is 2.89 bits per heavy atom. The lowest BCUT2D eigenvalue weighted by Gasteiger charge is -2.24. The normalized spacial score (nSPS) is 22.6. The van der Waals surface area contributed by atoms with Crippen molar-refractivity contribution in [3.63, 3.8) is 0 Å². The smallest absolute Gasteiger partial charge is 0.179 e. The number of hydrogen-bond donors (Lipinski definition) is 0. The third-order valence-electron chi connectivity index (χ3n) is 3.73. The van der Waals surface area contributed by atoms with E-state index in [1.165, 1.54) is 10.5 Å². The van der Waals surface area contributed by atoms with E-state index in [4.69, 9.17) is 0 Å². The largest absolute Gasteiger partial charge is 0.294 e. The summed E-state index contributed by atoms with van der Waals surface area (Å²) in [5.74, 6) is 0.0833. The third kappa shape index (κ3) is 2.52. The van der Waals surface area contributed by atoms with Crippen molar-refractivity contribution in [2.45, 2.75) is 42.2 Å². The monoisotopic (exact) mass is 272 g/mol. The van der Waals surface area contributed by atoms with Crippen molar-refractivity contribution in [1.29, 1.82) is 0 Å². The molecule has 2 aliphatic rings. The van der Waals surface area contributed by atoms with Crippen LogP contribution in [-0.4, -0.2) is 16.8 Å². The summed E-state index contributed by atoms with van der Waals surface area (Å²) in [5, 5.41) is -0.0804. The fourth-order valence-corrected chi connectivity index (χ4v) is 3.93. The standard InChI is InChI=1S/C16H16O2S/c17-13-7-3-2-6-12(13)16(18)15-10-9-11-5-1-4-8-14(11)19-15/h1,4-6,8,15H,2-3,7,9-10H2. The number of thioether (sulfide) groups is 1. The topological polar surface area (TPSA) is 34.1 Å². The number of carbonyl (C=O) groups is 2. The van der Waals surface area contributed by atoms with Crippen LogP contribution in [0.25, 0.3) is 0 Å². The van der Waals surface area contributed by atoms with Crippen molar-refractivity contribution in [3.05, 3.63) is 41.5 Å². The molecule has 98 valence electrons. The Morgan fingerprint density at radius 1 is 1.21 bits per heavy atom. The minimum atomic E-state index is -0.0804. The van der Waals surface area contributed by atoms with Gasteiger partial charge in [0, 0.05) is 11.3 Å². The molecule has 1 aliphatic heterocycles. The molecule has 2 nitrogen and oxygen atoms in total. The molecule has 1 aliphatic carbocycles. The highest BCUT2D eigenvalue weighted by Gasteiger charge is 2.30. The number of allylic oxidation sites excluding steroid dienone is 2. The van der Waals surface area contributed by atoms with Gasteiger partial charge in [-0.05, 0) is 37.3 Å². The summed E-state index contributed by atoms with van der Waals surface area (Å²) in [6.07, 6.45) is 5.89. The molecular formula is C16H16O2S. The zero-order valence-electron chi connectivity index (χ0n) is 10.7. The van der Waals surface area contributed by atoms with Gasteiger partial charge in [-0.1, -0.05) is 24.3 Å². The third-order valence-corrected chi connectivity index (χ3v) is 5.12. The lowest BCUT2D eigenvalue weighted by atomic mass is 9.92. The van der Waals surface area contributed by atoms with Gasteiger partial charge >= 0.3 is 0 Å². The van der Waals surface area contributed by atoms with Crippen LogP contribution in [0.1, 0.15) is 31.2 Å². The maximum Gasteiger partial charge on any atom is 0.179 e. The number of benzene rings is 1. The highest BCUT2D eigenvalue weighted by molar-refractivity contribution is 8.00. The molecule has 0 spiro atoms. The molecule has 3 rings (SSSR count). The summed E-state index contributed by atoms with van der Waals surface area (Å²) in [6, 6.07) is 8.23. The van der Waals surface area contributed by atoms with Crippen molar-refractivity contribution >= 4 is 23.3 Å². The lowest BCUT2D eigenvalue weighted by Crippen LogP contribution is -2.27. The molecule has 19 heavy (non-hydrogen) atoms. The first-order valence-corrected chi connectivity index (χ1v) is 7.66. The molecule has 1 aromatic carbocycles. The van der Waals surface area contributed by atoms with Crippen molar-refractivity contribution in [3.8, 4) is 0 Å². The van der Waals surface area contributed by atoms with Crippen LogP contribution in [0.3, 0.4) is 0 Å². The van der Waals surface area contributed by atoms with Gasteiger partial charge < -0.3 is 0 Å². The van der Waals surface area contributed by atoms with Crippen LogP contribution in [-0.2, 0) is 16.0 Å². The summed E-state index contributed by atoms with van der Waals surface area (Å²) in [6.45, 7) is 0. The molecule has 0 saturated heterocycles. The predicted octanol–water partition coefficient (Wildman–Crippen LogP) is 3.34. The molecule has 0 aromatic heterocycles. The molecule has 0 saturated carbocycles. The number of fused-ring (bicyclic) bond motifs is 1. The van der Waals surface area contributed by atoms with Crippen LogP contribution in [0.5, 0.6) is 0 Å². The van der Waals surface area contributed by atoms with Gasteiger partial charge in [0.15, 0.2) is 11.6 Å². The second kappa shape index (κ2) is 5.33. The average molecular weight is 272 g/mol. The molecule has 0 fully saturated rings. The number of aryl methyl sites for hydroxylation is 1. The Morgan fingerprint density at radius 2 is 2.05 bits per heavy atom. The fourth-order valence-electron chi connectivity index (χ4n) is 2.68. The van der Waals surface area contributed by atoms with Crippen LogP contribution in [0.4, 0.5) is 0 Å². The van der Waals surface area contributed by atoms with Gasteiger partial charge in [0.25, 0.3) is 0 Å². The maximum atomic E-state index is 12.5. The summed E-state index contributed by atoms with van der Waals surface area (Å²) >= 11 is 1.62. The van der Waals surface area contributed by atoms with Gasteiger partial charge in [0.1, 0.15) is 0 Å². The Hall–Kier alpha value is -1.35. The van der Waals surface area contributed by atoms with Crippen molar-refractivity contribution < 1.29 is 9.59 Å². The molecular weight excluding hydrogens is 256 g/mol. The molecule has 1 unspecified atom stereocenters. The molecule has 0 amide bonds. The first kappa shape index (κ1) is 12.7. The van der Waals surface area contributed by atoms with Crippen molar-refractivity contribution in [2.75, 3.05) is 0 Å². The second-order valence-electron chi connectivity index (χ2n) is 5.05. The molecule has 3 heteroatoms. The quantitative estimate of drug-likeness (QED) is 0.774. The maximum absolute atomic E-state index is 12.5. The molecule has 0 radical (unpaired) electrons. The zero-order chi connectivity index (χ0) is 13.2. The van der Waals surface area contributed by atoms with E-state index in [1.54, 1.807) is 11.8 Å². The predicted molar refractivity (Wildman–Crippen MR) is 76.4 cm³/mol. The Kier molecular flexibility index (Phi) is 3.56. The minimum Gasteiger partial charge on any atom is -0.294 e. The summed E-state index contributed by atoms with van der Waals surface area (Å²) in [5.41, 5.74) is 1.78. The molecule has 1 aromatic rings. The number of ketones is 2. The van der Waals surface area contributed by atoms with E-state index in [9.17, 15) is 9.59 Å². The Bertz CT molecular complexity index is 560. The van der Waals surface area contributed by atoms with E-state index >= 15 is 0 Å².